The number of amides is 1. The van der Waals surface area contributed by atoms with Gasteiger partial charge >= 0.3 is 0 Å². The fourth-order valence-corrected chi connectivity index (χ4v) is 3.22. The van der Waals surface area contributed by atoms with E-state index in [0.29, 0.717) is 11.8 Å². The van der Waals surface area contributed by atoms with Crippen molar-refractivity contribution >= 4 is 21.8 Å². The van der Waals surface area contributed by atoms with Gasteiger partial charge in [-0.2, -0.15) is 0 Å². The average Bonchev–Trinajstić information content (AvgIpc) is 2.67. The van der Waals surface area contributed by atoms with Crippen LogP contribution >= 0.6 is 15.9 Å². The first-order valence-electron chi connectivity index (χ1n) is 8.43. The van der Waals surface area contributed by atoms with Crippen LogP contribution in [0.15, 0.2) is 53.3 Å². The molecule has 0 radical (unpaired) electrons. The standard InChI is InChI=1S/C19H22BrN3O2/c1-15(16-3-2-8-21-13-16)22-9-11-23(12-10-22)19(24)14-25-18-6-4-17(20)5-7-18/h2-8,13,15H,9-12,14H2,1H3. The molecule has 6 heteroatoms. The zero-order valence-electron chi connectivity index (χ0n) is 14.3. The summed E-state index contributed by atoms with van der Waals surface area (Å²) < 4.78 is 6.58. The van der Waals surface area contributed by atoms with Crippen molar-refractivity contribution in [3.05, 3.63) is 58.8 Å². The Hall–Kier alpha value is -1.92. The minimum absolute atomic E-state index is 0.0385. The fraction of sp³-hybridized carbons (Fsp3) is 0.368. The molecule has 1 amide bonds. The van der Waals surface area contributed by atoms with E-state index in [2.05, 4.69) is 38.8 Å². The summed E-state index contributed by atoms with van der Waals surface area (Å²) in [4.78, 5) is 20.8. The maximum atomic E-state index is 12.3. The van der Waals surface area contributed by atoms with Gasteiger partial charge in [0.05, 0.1) is 0 Å². The molecule has 5 nitrogen and oxygen atoms in total. The smallest absolute Gasteiger partial charge is 0.260 e. The number of benzene rings is 1. The van der Waals surface area contributed by atoms with Crippen molar-refractivity contribution in [2.45, 2.75) is 13.0 Å². The van der Waals surface area contributed by atoms with Crippen molar-refractivity contribution in [2.75, 3.05) is 32.8 Å². The van der Waals surface area contributed by atoms with Crippen LogP contribution in [-0.4, -0.2) is 53.5 Å². The lowest BCUT2D eigenvalue weighted by molar-refractivity contribution is -0.135. The zero-order chi connectivity index (χ0) is 17.6. The number of pyridine rings is 1. The Morgan fingerprint density at radius 3 is 2.56 bits per heavy atom. The highest BCUT2D eigenvalue weighted by molar-refractivity contribution is 9.10. The lowest BCUT2D eigenvalue weighted by Gasteiger charge is -2.38. The predicted octanol–water partition coefficient (Wildman–Crippen LogP) is 3.13. The predicted molar refractivity (Wildman–Crippen MR) is 100 cm³/mol. The summed E-state index contributed by atoms with van der Waals surface area (Å²) in [5.74, 6) is 0.747. The van der Waals surface area contributed by atoms with Gasteiger partial charge in [0, 0.05) is 49.1 Å². The van der Waals surface area contributed by atoms with Gasteiger partial charge in [-0.3, -0.25) is 14.7 Å². The molecular formula is C19H22BrN3O2. The number of rotatable bonds is 5. The fourth-order valence-electron chi connectivity index (χ4n) is 2.96. The van der Waals surface area contributed by atoms with E-state index in [1.165, 1.54) is 5.56 Å². The minimum Gasteiger partial charge on any atom is -0.484 e. The Morgan fingerprint density at radius 2 is 1.92 bits per heavy atom. The summed E-state index contributed by atoms with van der Waals surface area (Å²) in [5, 5.41) is 0. The van der Waals surface area contributed by atoms with Gasteiger partial charge in [-0.1, -0.05) is 22.0 Å². The molecule has 0 saturated carbocycles. The number of carbonyl (C=O) groups is 1. The Balaban J connectivity index is 1.46. The highest BCUT2D eigenvalue weighted by atomic mass is 79.9. The number of piperazine rings is 1. The zero-order valence-corrected chi connectivity index (χ0v) is 15.9. The van der Waals surface area contributed by atoms with E-state index < -0.39 is 0 Å². The first-order valence-corrected chi connectivity index (χ1v) is 9.23. The van der Waals surface area contributed by atoms with Gasteiger partial charge in [0.2, 0.25) is 0 Å². The van der Waals surface area contributed by atoms with Crippen molar-refractivity contribution in [2.24, 2.45) is 0 Å². The van der Waals surface area contributed by atoms with Gasteiger partial charge in [-0.25, -0.2) is 0 Å². The molecule has 1 aromatic heterocycles. The van der Waals surface area contributed by atoms with Crippen molar-refractivity contribution < 1.29 is 9.53 Å². The maximum Gasteiger partial charge on any atom is 0.260 e. The highest BCUT2D eigenvalue weighted by Gasteiger charge is 2.24. The Bertz CT molecular complexity index is 686. The third-order valence-corrected chi connectivity index (χ3v) is 5.09. The SMILES string of the molecule is CC(c1cccnc1)N1CCN(C(=O)COc2ccc(Br)cc2)CC1. The van der Waals surface area contributed by atoms with Crippen molar-refractivity contribution in [3.63, 3.8) is 0 Å². The molecule has 1 saturated heterocycles. The van der Waals surface area contributed by atoms with E-state index in [9.17, 15) is 4.79 Å². The molecule has 0 aliphatic carbocycles. The second-order valence-corrected chi connectivity index (χ2v) is 7.04. The number of ether oxygens (including phenoxy) is 1. The van der Waals surface area contributed by atoms with Gasteiger partial charge in [-0.15, -0.1) is 0 Å². The van der Waals surface area contributed by atoms with E-state index in [1.807, 2.05) is 41.4 Å². The molecule has 3 rings (SSSR count). The summed E-state index contributed by atoms with van der Waals surface area (Å²) in [6, 6.07) is 11.9. The second-order valence-electron chi connectivity index (χ2n) is 6.12. The van der Waals surface area contributed by atoms with Gasteiger partial charge in [-0.05, 0) is 42.8 Å². The molecule has 0 spiro atoms. The monoisotopic (exact) mass is 403 g/mol. The molecule has 0 N–H and O–H groups in total. The van der Waals surface area contributed by atoms with Crippen LogP contribution in [0.1, 0.15) is 18.5 Å². The van der Waals surface area contributed by atoms with Gasteiger partial charge in [0.15, 0.2) is 6.61 Å². The van der Waals surface area contributed by atoms with Gasteiger partial charge in [0.1, 0.15) is 5.75 Å². The summed E-state index contributed by atoms with van der Waals surface area (Å²) in [6.07, 6.45) is 3.70. The Labute approximate surface area is 156 Å². The third-order valence-electron chi connectivity index (χ3n) is 4.56. The second kappa shape index (κ2) is 8.45. The van der Waals surface area contributed by atoms with Crippen molar-refractivity contribution in [1.82, 2.24) is 14.8 Å². The largest absolute Gasteiger partial charge is 0.484 e. The van der Waals surface area contributed by atoms with Crippen LogP contribution in [0.2, 0.25) is 0 Å². The van der Waals surface area contributed by atoms with E-state index in [1.54, 1.807) is 6.20 Å². The van der Waals surface area contributed by atoms with E-state index in [0.717, 1.165) is 30.7 Å². The first-order chi connectivity index (χ1) is 12.1. The minimum atomic E-state index is 0.0385. The van der Waals surface area contributed by atoms with E-state index in [-0.39, 0.29) is 12.5 Å². The molecule has 2 heterocycles. The molecular weight excluding hydrogens is 382 g/mol. The maximum absolute atomic E-state index is 12.3. The Kier molecular flexibility index (Phi) is 6.04. The molecule has 1 aliphatic rings. The summed E-state index contributed by atoms with van der Waals surface area (Å²) >= 11 is 3.38. The normalized spacial score (nSPS) is 16.5. The topological polar surface area (TPSA) is 45.7 Å². The number of nitrogens with zero attached hydrogens (tertiary/aromatic N) is 3. The molecule has 1 aliphatic heterocycles. The lowest BCUT2D eigenvalue weighted by Crippen LogP contribution is -2.50. The van der Waals surface area contributed by atoms with Crippen LogP contribution in [-0.2, 0) is 4.79 Å². The highest BCUT2D eigenvalue weighted by Crippen LogP contribution is 2.21. The molecule has 1 atom stereocenters. The molecule has 132 valence electrons. The quantitative estimate of drug-likeness (QED) is 0.769. The van der Waals surface area contributed by atoms with Crippen LogP contribution in [0.5, 0.6) is 5.75 Å². The number of hydrogen-bond donors (Lipinski definition) is 0. The summed E-state index contributed by atoms with van der Waals surface area (Å²) in [5.41, 5.74) is 1.21. The molecule has 1 aromatic carbocycles. The van der Waals surface area contributed by atoms with Crippen LogP contribution in [0.3, 0.4) is 0 Å². The number of carbonyl (C=O) groups excluding carboxylic acids is 1. The van der Waals surface area contributed by atoms with Gasteiger partial charge < -0.3 is 9.64 Å². The molecule has 1 unspecified atom stereocenters. The average molecular weight is 404 g/mol. The van der Waals surface area contributed by atoms with Crippen LogP contribution in [0.25, 0.3) is 0 Å². The number of halogens is 1. The lowest BCUT2D eigenvalue weighted by atomic mass is 10.1. The molecule has 1 fully saturated rings. The molecule has 2 aromatic rings. The Morgan fingerprint density at radius 1 is 1.20 bits per heavy atom. The van der Waals surface area contributed by atoms with Crippen molar-refractivity contribution in [1.29, 1.82) is 0 Å². The molecule has 0 bridgehead atoms. The number of aromatic nitrogens is 1. The molecule has 25 heavy (non-hydrogen) atoms. The first kappa shape index (κ1) is 17.9. The van der Waals surface area contributed by atoms with Crippen molar-refractivity contribution in [3.8, 4) is 5.75 Å². The van der Waals surface area contributed by atoms with Crippen LogP contribution in [0, 0.1) is 0 Å². The van der Waals surface area contributed by atoms with Gasteiger partial charge in [0.25, 0.3) is 5.91 Å². The third kappa shape index (κ3) is 4.80. The van der Waals surface area contributed by atoms with Crippen LogP contribution < -0.4 is 4.74 Å². The number of hydrogen-bond acceptors (Lipinski definition) is 4. The van der Waals surface area contributed by atoms with E-state index >= 15 is 0 Å². The van der Waals surface area contributed by atoms with Crippen LogP contribution in [0.4, 0.5) is 0 Å². The van der Waals surface area contributed by atoms with E-state index in [4.69, 9.17) is 4.74 Å². The summed E-state index contributed by atoms with van der Waals surface area (Å²) in [6.45, 7) is 5.45. The summed E-state index contributed by atoms with van der Waals surface area (Å²) in [7, 11) is 0.